The van der Waals surface area contributed by atoms with E-state index in [1.807, 2.05) is 11.8 Å². The first-order valence-corrected chi connectivity index (χ1v) is 6.52. The Bertz CT molecular complexity index is 261. The molecule has 1 aliphatic rings. The molecule has 1 rings (SSSR count). The maximum absolute atomic E-state index is 11.9. The van der Waals surface area contributed by atoms with E-state index in [2.05, 4.69) is 33.0 Å². The van der Waals surface area contributed by atoms with Crippen LogP contribution in [-0.4, -0.2) is 42.3 Å². The molecule has 1 saturated heterocycles. The minimum Gasteiger partial charge on any atom is -0.450 e. The van der Waals surface area contributed by atoms with Crippen molar-refractivity contribution in [3.05, 3.63) is 0 Å². The van der Waals surface area contributed by atoms with E-state index in [9.17, 15) is 4.79 Å². The van der Waals surface area contributed by atoms with E-state index in [0.717, 1.165) is 19.5 Å². The minimum atomic E-state index is -0.195. The molecule has 0 spiro atoms. The Hall–Kier alpha value is -0.770. The lowest BCUT2D eigenvalue weighted by Gasteiger charge is -2.36. The maximum atomic E-state index is 11.9. The Kier molecular flexibility index (Phi) is 4.80. The summed E-state index contributed by atoms with van der Waals surface area (Å²) in [5.41, 5.74) is -0.182. The molecule has 1 heterocycles. The standard InChI is InChI=1S/C13H26N2O2/c1-6-17-12(16)15(13(3,4)5)9-11-7-10(2)14-8-11/h10-11,14H,6-9H2,1-5H3/t10-,11?/m0/s1. The van der Waals surface area contributed by atoms with Crippen LogP contribution in [0.3, 0.4) is 0 Å². The number of hydrogen-bond donors (Lipinski definition) is 1. The fourth-order valence-electron chi connectivity index (χ4n) is 2.26. The molecule has 0 aromatic carbocycles. The molecule has 1 aliphatic heterocycles. The fraction of sp³-hybridized carbons (Fsp3) is 0.923. The van der Waals surface area contributed by atoms with Crippen LogP contribution in [0.2, 0.25) is 0 Å². The number of rotatable bonds is 3. The van der Waals surface area contributed by atoms with Gasteiger partial charge in [0.25, 0.3) is 0 Å². The van der Waals surface area contributed by atoms with E-state index in [-0.39, 0.29) is 11.6 Å². The summed E-state index contributed by atoms with van der Waals surface area (Å²) in [6.45, 7) is 12.4. The molecule has 1 fully saturated rings. The van der Waals surface area contributed by atoms with Gasteiger partial charge in [-0.15, -0.1) is 0 Å². The Morgan fingerprint density at radius 3 is 2.53 bits per heavy atom. The molecule has 0 aromatic rings. The van der Waals surface area contributed by atoms with Crippen molar-refractivity contribution < 1.29 is 9.53 Å². The maximum Gasteiger partial charge on any atom is 0.410 e. The van der Waals surface area contributed by atoms with E-state index >= 15 is 0 Å². The topological polar surface area (TPSA) is 41.6 Å². The lowest BCUT2D eigenvalue weighted by atomic mass is 10.0. The summed E-state index contributed by atoms with van der Waals surface area (Å²) in [4.78, 5) is 13.8. The molecule has 1 amide bonds. The Labute approximate surface area is 105 Å². The third kappa shape index (κ3) is 4.19. The number of ether oxygens (including phenoxy) is 1. The van der Waals surface area contributed by atoms with Crippen LogP contribution in [-0.2, 0) is 4.74 Å². The molecule has 0 bridgehead atoms. The highest BCUT2D eigenvalue weighted by molar-refractivity contribution is 5.68. The minimum absolute atomic E-state index is 0.182. The Morgan fingerprint density at radius 1 is 1.47 bits per heavy atom. The van der Waals surface area contributed by atoms with Gasteiger partial charge in [0.1, 0.15) is 0 Å². The summed E-state index contributed by atoms with van der Waals surface area (Å²) in [6, 6.07) is 0.559. The number of amides is 1. The van der Waals surface area contributed by atoms with E-state index in [4.69, 9.17) is 4.74 Å². The summed E-state index contributed by atoms with van der Waals surface area (Å²) in [5.74, 6) is 0.536. The average Bonchev–Trinajstić information content (AvgIpc) is 2.59. The zero-order valence-electron chi connectivity index (χ0n) is 11.7. The lowest BCUT2D eigenvalue weighted by Crippen LogP contribution is -2.48. The quantitative estimate of drug-likeness (QED) is 0.825. The average molecular weight is 242 g/mol. The van der Waals surface area contributed by atoms with Crippen molar-refractivity contribution in [3.63, 3.8) is 0 Å². The van der Waals surface area contributed by atoms with Crippen molar-refractivity contribution in [3.8, 4) is 0 Å². The van der Waals surface area contributed by atoms with Gasteiger partial charge in [-0.3, -0.25) is 0 Å². The van der Waals surface area contributed by atoms with E-state index in [0.29, 0.717) is 18.6 Å². The first-order chi connectivity index (χ1) is 7.84. The number of nitrogens with zero attached hydrogens (tertiary/aromatic N) is 1. The first-order valence-electron chi connectivity index (χ1n) is 6.52. The van der Waals surface area contributed by atoms with Crippen LogP contribution in [0.1, 0.15) is 41.0 Å². The van der Waals surface area contributed by atoms with Gasteiger partial charge in [0, 0.05) is 18.1 Å². The third-order valence-electron chi connectivity index (χ3n) is 3.18. The molecular weight excluding hydrogens is 216 g/mol. The van der Waals surface area contributed by atoms with Gasteiger partial charge in [0.2, 0.25) is 0 Å². The molecule has 100 valence electrons. The van der Waals surface area contributed by atoms with Crippen molar-refractivity contribution in [1.82, 2.24) is 10.2 Å². The molecule has 0 radical (unpaired) electrons. The summed E-state index contributed by atoms with van der Waals surface area (Å²) >= 11 is 0. The monoisotopic (exact) mass is 242 g/mol. The van der Waals surface area contributed by atoms with Crippen molar-refractivity contribution in [2.24, 2.45) is 5.92 Å². The van der Waals surface area contributed by atoms with Crippen LogP contribution in [0, 0.1) is 5.92 Å². The number of carbonyl (C=O) groups is 1. The van der Waals surface area contributed by atoms with Gasteiger partial charge in [0.05, 0.1) is 6.61 Å². The second kappa shape index (κ2) is 5.71. The summed E-state index contributed by atoms with van der Waals surface area (Å²) < 4.78 is 5.13. The van der Waals surface area contributed by atoms with E-state index in [1.165, 1.54) is 0 Å². The van der Waals surface area contributed by atoms with Crippen LogP contribution in [0.5, 0.6) is 0 Å². The molecule has 1 unspecified atom stereocenters. The molecule has 1 N–H and O–H groups in total. The molecule has 2 atom stereocenters. The SMILES string of the molecule is CCOC(=O)N(CC1CN[C@@H](C)C1)C(C)(C)C. The van der Waals surface area contributed by atoms with Crippen molar-refractivity contribution in [2.75, 3.05) is 19.7 Å². The molecular formula is C13H26N2O2. The second-order valence-corrected chi connectivity index (χ2v) is 5.89. The lowest BCUT2D eigenvalue weighted by molar-refractivity contribution is 0.0636. The van der Waals surface area contributed by atoms with Gasteiger partial charge in [-0.05, 0) is 53.5 Å². The van der Waals surface area contributed by atoms with Crippen LogP contribution in [0.4, 0.5) is 4.79 Å². The van der Waals surface area contributed by atoms with Gasteiger partial charge in [-0.1, -0.05) is 0 Å². The first kappa shape index (κ1) is 14.3. The van der Waals surface area contributed by atoms with Crippen LogP contribution in [0.15, 0.2) is 0 Å². The smallest absolute Gasteiger partial charge is 0.410 e. The molecule has 17 heavy (non-hydrogen) atoms. The largest absolute Gasteiger partial charge is 0.450 e. The zero-order valence-corrected chi connectivity index (χ0v) is 11.7. The number of nitrogens with one attached hydrogen (secondary N) is 1. The van der Waals surface area contributed by atoms with Gasteiger partial charge in [-0.25, -0.2) is 4.79 Å². The van der Waals surface area contributed by atoms with Crippen LogP contribution < -0.4 is 5.32 Å². The van der Waals surface area contributed by atoms with Crippen molar-refractivity contribution in [2.45, 2.75) is 52.6 Å². The van der Waals surface area contributed by atoms with Gasteiger partial charge < -0.3 is 15.0 Å². The van der Waals surface area contributed by atoms with Crippen LogP contribution in [0.25, 0.3) is 0 Å². The highest BCUT2D eigenvalue weighted by Gasteiger charge is 2.32. The highest BCUT2D eigenvalue weighted by Crippen LogP contribution is 2.21. The Balaban J connectivity index is 2.61. The van der Waals surface area contributed by atoms with Crippen LogP contribution >= 0.6 is 0 Å². The molecule has 0 aromatic heterocycles. The number of carbonyl (C=O) groups excluding carboxylic acids is 1. The second-order valence-electron chi connectivity index (χ2n) is 5.89. The van der Waals surface area contributed by atoms with E-state index < -0.39 is 0 Å². The predicted octanol–water partition coefficient (Wildman–Crippen LogP) is 2.24. The van der Waals surface area contributed by atoms with Gasteiger partial charge >= 0.3 is 6.09 Å². The van der Waals surface area contributed by atoms with Gasteiger partial charge in [-0.2, -0.15) is 0 Å². The predicted molar refractivity (Wildman–Crippen MR) is 69.1 cm³/mol. The Morgan fingerprint density at radius 2 is 2.12 bits per heavy atom. The molecule has 4 nitrogen and oxygen atoms in total. The summed E-state index contributed by atoms with van der Waals surface area (Å²) in [7, 11) is 0. The fourth-order valence-corrected chi connectivity index (χ4v) is 2.26. The van der Waals surface area contributed by atoms with Gasteiger partial charge in [0.15, 0.2) is 0 Å². The summed E-state index contributed by atoms with van der Waals surface area (Å²) in [5, 5.41) is 3.42. The normalized spacial score (nSPS) is 24.8. The van der Waals surface area contributed by atoms with Crippen molar-refractivity contribution in [1.29, 1.82) is 0 Å². The van der Waals surface area contributed by atoms with E-state index in [1.54, 1.807) is 0 Å². The van der Waals surface area contributed by atoms with Crippen molar-refractivity contribution >= 4 is 6.09 Å². The number of hydrogen-bond acceptors (Lipinski definition) is 3. The summed E-state index contributed by atoms with van der Waals surface area (Å²) in [6.07, 6.45) is 0.936. The molecule has 4 heteroatoms. The highest BCUT2D eigenvalue weighted by atomic mass is 16.6. The third-order valence-corrected chi connectivity index (χ3v) is 3.18. The molecule has 0 aliphatic carbocycles. The molecule has 0 saturated carbocycles. The zero-order chi connectivity index (χ0) is 13.1.